The van der Waals surface area contributed by atoms with E-state index >= 15 is 0 Å². The maximum Gasteiger partial charge on any atom is 0.297 e. The van der Waals surface area contributed by atoms with Crippen molar-refractivity contribution in [2.45, 2.75) is 64.4 Å². The highest BCUT2D eigenvalue weighted by atomic mass is 32.2. The van der Waals surface area contributed by atoms with Gasteiger partial charge in [0.05, 0.1) is 23.7 Å². The van der Waals surface area contributed by atoms with Gasteiger partial charge in [0.1, 0.15) is 0 Å². The fourth-order valence-electron chi connectivity index (χ4n) is 3.49. The summed E-state index contributed by atoms with van der Waals surface area (Å²) in [6.45, 7) is 10.9. The van der Waals surface area contributed by atoms with Crippen molar-refractivity contribution >= 4 is 10.1 Å². The molecular weight excluding hydrogens is 372 g/mol. The van der Waals surface area contributed by atoms with Gasteiger partial charge in [0.25, 0.3) is 10.1 Å². The second-order valence-corrected chi connectivity index (χ2v) is 10.1. The van der Waals surface area contributed by atoms with Gasteiger partial charge in [-0.15, -0.1) is 0 Å². The first-order valence-corrected chi connectivity index (χ1v) is 11.5. The van der Waals surface area contributed by atoms with Crippen LogP contribution in [0.2, 0.25) is 0 Å². The lowest BCUT2D eigenvalue weighted by Crippen LogP contribution is -2.34. The van der Waals surface area contributed by atoms with Gasteiger partial charge in [-0.2, -0.15) is 8.42 Å². The molecule has 5 heteroatoms. The van der Waals surface area contributed by atoms with Crippen molar-refractivity contribution < 1.29 is 17.3 Å². The highest BCUT2D eigenvalue weighted by Crippen LogP contribution is 2.33. The summed E-state index contributed by atoms with van der Waals surface area (Å²) in [5.41, 5.74) is 1.97. The molecule has 1 unspecified atom stereocenters. The Labute approximate surface area is 170 Å². The lowest BCUT2D eigenvalue weighted by Gasteiger charge is -2.34. The van der Waals surface area contributed by atoms with E-state index in [0.717, 1.165) is 24.8 Å². The van der Waals surface area contributed by atoms with Crippen LogP contribution in [-0.4, -0.2) is 27.2 Å². The Kier molecular flexibility index (Phi) is 8.05. The first kappa shape index (κ1) is 22.9. The van der Waals surface area contributed by atoms with Crippen LogP contribution in [0, 0.1) is 18.8 Å². The normalized spacial score (nSPS) is 20.0. The number of allylic oxidation sites excluding steroid dienone is 2. The summed E-state index contributed by atoms with van der Waals surface area (Å²) in [5.74, 6) is 1.09. The summed E-state index contributed by atoms with van der Waals surface area (Å²) < 4.78 is 35.9. The molecule has 1 aliphatic carbocycles. The number of aryl methyl sites for hydroxylation is 1. The Morgan fingerprint density at radius 1 is 1.04 bits per heavy atom. The highest BCUT2D eigenvalue weighted by molar-refractivity contribution is 7.86. The van der Waals surface area contributed by atoms with Crippen LogP contribution in [0.15, 0.2) is 53.0 Å². The first-order chi connectivity index (χ1) is 13.1. The van der Waals surface area contributed by atoms with E-state index in [1.54, 1.807) is 24.3 Å². The molecule has 1 atom stereocenters. The Morgan fingerprint density at radius 2 is 1.71 bits per heavy atom. The van der Waals surface area contributed by atoms with E-state index in [0.29, 0.717) is 11.8 Å². The minimum atomic E-state index is -3.76. The van der Waals surface area contributed by atoms with Crippen LogP contribution in [0.3, 0.4) is 0 Å². The molecule has 1 aromatic rings. The van der Waals surface area contributed by atoms with Gasteiger partial charge in [-0.05, 0) is 50.2 Å². The van der Waals surface area contributed by atoms with Crippen LogP contribution in [0.25, 0.3) is 0 Å². The molecule has 0 bridgehead atoms. The van der Waals surface area contributed by atoms with E-state index in [4.69, 9.17) is 8.92 Å². The molecule has 0 aliphatic heterocycles. The van der Waals surface area contributed by atoms with E-state index in [-0.39, 0.29) is 23.7 Å². The third-order valence-electron chi connectivity index (χ3n) is 4.73. The topological polar surface area (TPSA) is 52.6 Å². The zero-order valence-electron chi connectivity index (χ0n) is 17.8. The molecule has 1 aliphatic rings. The summed E-state index contributed by atoms with van der Waals surface area (Å²) in [6.07, 6.45) is 9.33. The van der Waals surface area contributed by atoms with E-state index in [2.05, 4.69) is 45.9 Å². The SMILES string of the molecule is Cc1ccc(S(=O)(=O)OCCOC2(CC(C)C)C=CC(CC(C)C)=CC2)cc1. The average molecular weight is 407 g/mol. The zero-order valence-corrected chi connectivity index (χ0v) is 18.6. The minimum Gasteiger partial charge on any atom is -0.368 e. The minimum absolute atomic E-state index is 0.00641. The molecular formula is C23H34O4S. The van der Waals surface area contributed by atoms with Crippen molar-refractivity contribution in [2.75, 3.05) is 13.2 Å². The molecule has 0 radical (unpaired) electrons. The molecule has 28 heavy (non-hydrogen) atoms. The van der Waals surface area contributed by atoms with Crippen molar-refractivity contribution in [1.29, 1.82) is 0 Å². The largest absolute Gasteiger partial charge is 0.368 e. The Balaban J connectivity index is 1.93. The molecule has 0 saturated carbocycles. The van der Waals surface area contributed by atoms with Crippen LogP contribution in [0.4, 0.5) is 0 Å². The molecule has 156 valence electrons. The molecule has 0 saturated heterocycles. The summed E-state index contributed by atoms with van der Waals surface area (Å²) >= 11 is 0. The fourth-order valence-corrected chi connectivity index (χ4v) is 4.38. The smallest absolute Gasteiger partial charge is 0.297 e. The lowest BCUT2D eigenvalue weighted by molar-refractivity contribution is -0.0323. The second-order valence-electron chi connectivity index (χ2n) is 8.51. The molecule has 1 aromatic carbocycles. The quantitative estimate of drug-likeness (QED) is 0.384. The van der Waals surface area contributed by atoms with Gasteiger partial charge in [0, 0.05) is 0 Å². The maximum absolute atomic E-state index is 12.3. The third-order valence-corrected chi connectivity index (χ3v) is 6.06. The number of rotatable bonds is 10. The number of hydrogen-bond acceptors (Lipinski definition) is 4. The van der Waals surface area contributed by atoms with Crippen molar-refractivity contribution in [1.82, 2.24) is 0 Å². The number of hydrogen-bond donors (Lipinski definition) is 0. The zero-order chi connectivity index (χ0) is 20.8. The number of ether oxygens (including phenoxy) is 1. The van der Waals surface area contributed by atoms with E-state index in [1.807, 2.05) is 6.92 Å². The predicted molar refractivity (Wildman–Crippen MR) is 114 cm³/mol. The number of benzene rings is 1. The monoisotopic (exact) mass is 406 g/mol. The molecule has 0 N–H and O–H groups in total. The summed E-state index contributed by atoms with van der Waals surface area (Å²) in [4.78, 5) is 0.175. The first-order valence-electron chi connectivity index (χ1n) is 10.1. The highest BCUT2D eigenvalue weighted by Gasteiger charge is 2.30. The Bertz CT molecular complexity index is 788. The van der Waals surface area contributed by atoms with Crippen molar-refractivity contribution in [3.63, 3.8) is 0 Å². The van der Waals surface area contributed by atoms with Gasteiger partial charge in [0.15, 0.2) is 0 Å². The van der Waals surface area contributed by atoms with Crippen LogP contribution in [0.1, 0.15) is 52.5 Å². The van der Waals surface area contributed by atoms with Crippen LogP contribution in [0.5, 0.6) is 0 Å². The molecule has 4 nitrogen and oxygen atoms in total. The Morgan fingerprint density at radius 3 is 2.25 bits per heavy atom. The molecule has 0 heterocycles. The molecule has 0 fully saturated rings. The molecule has 0 amide bonds. The van der Waals surface area contributed by atoms with E-state index in [1.165, 1.54) is 5.57 Å². The van der Waals surface area contributed by atoms with Crippen LogP contribution in [-0.2, 0) is 19.0 Å². The van der Waals surface area contributed by atoms with Gasteiger partial charge in [-0.1, -0.05) is 69.2 Å². The van der Waals surface area contributed by atoms with Gasteiger partial charge in [-0.3, -0.25) is 4.18 Å². The molecule has 2 rings (SSSR count). The van der Waals surface area contributed by atoms with Crippen molar-refractivity contribution in [2.24, 2.45) is 11.8 Å². The van der Waals surface area contributed by atoms with E-state index in [9.17, 15) is 8.42 Å². The molecule has 0 spiro atoms. The Hall–Kier alpha value is -1.43. The van der Waals surface area contributed by atoms with Gasteiger partial charge in [-0.25, -0.2) is 0 Å². The van der Waals surface area contributed by atoms with Crippen molar-refractivity contribution in [3.05, 3.63) is 53.6 Å². The van der Waals surface area contributed by atoms with Gasteiger partial charge in [0.2, 0.25) is 0 Å². The summed E-state index contributed by atoms with van der Waals surface area (Å²) in [6, 6.07) is 6.66. The summed E-state index contributed by atoms with van der Waals surface area (Å²) in [5, 5.41) is 0. The third kappa shape index (κ3) is 6.87. The summed E-state index contributed by atoms with van der Waals surface area (Å²) in [7, 11) is -3.76. The fraction of sp³-hybridized carbons (Fsp3) is 0.565. The molecule has 0 aromatic heterocycles. The maximum atomic E-state index is 12.3. The van der Waals surface area contributed by atoms with Crippen LogP contribution < -0.4 is 0 Å². The predicted octanol–water partition coefficient (Wildman–Crippen LogP) is 5.43. The van der Waals surface area contributed by atoms with Crippen LogP contribution >= 0.6 is 0 Å². The average Bonchev–Trinajstić information content (AvgIpc) is 2.60. The van der Waals surface area contributed by atoms with Gasteiger partial charge >= 0.3 is 0 Å². The van der Waals surface area contributed by atoms with E-state index < -0.39 is 10.1 Å². The standard InChI is InChI=1S/C23H34O4S/c1-18(2)16-21-10-12-23(13-11-21,17-19(3)4)26-14-15-27-28(24,25)22-8-6-20(5)7-9-22/h6-12,18-19H,13-17H2,1-5H3. The van der Waals surface area contributed by atoms with Crippen molar-refractivity contribution in [3.8, 4) is 0 Å². The second kappa shape index (κ2) is 9.86. The van der Waals surface area contributed by atoms with Gasteiger partial charge < -0.3 is 4.74 Å². The lowest BCUT2D eigenvalue weighted by atomic mass is 9.83.